The lowest BCUT2D eigenvalue weighted by atomic mass is 9.85. The molecule has 0 aliphatic heterocycles. The van der Waals surface area contributed by atoms with Gasteiger partial charge in [0.15, 0.2) is 0 Å². The molecular formula is C21H26OS. The van der Waals surface area contributed by atoms with Gasteiger partial charge in [0.1, 0.15) is 5.75 Å². The highest BCUT2D eigenvalue weighted by Gasteiger charge is 2.14. The maximum absolute atomic E-state index is 10.3. The van der Waals surface area contributed by atoms with Gasteiger partial charge in [0.25, 0.3) is 0 Å². The van der Waals surface area contributed by atoms with Crippen LogP contribution < -0.4 is 0 Å². The Morgan fingerprint density at radius 2 is 2.22 bits per heavy atom. The summed E-state index contributed by atoms with van der Waals surface area (Å²) in [7, 11) is 0. The van der Waals surface area contributed by atoms with E-state index in [0.717, 1.165) is 23.1 Å². The van der Waals surface area contributed by atoms with Crippen LogP contribution in [0.5, 0.6) is 5.75 Å². The third-order valence-electron chi connectivity index (χ3n) is 4.83. The molecule has 0 spiro atoms. The SMILES string of the molecule is C=C1CCCC(/C=C/C(C)CCc2sc3ccccc3c2O)C1. The third kappa shape index (κ3) is 4.06. The van der Waals surface area contributed by atoms with Crippen LogP contribution in [0.2, 0.25) is 0 Å². The maximum atomic E-state index is 10.3. The molecule has 23 heavy (non-hydrogen) atoms. The quantitative estimate of drug-likeness (QED) is 0.624. The van der Waals surface area contributed by atoms with Gasteiger partial charge in [0.05, 0.1) is 0 Å². The first-order chi connectivity index (χ1) is 11.1. The van der Waals surface area contributed by atoms with Crippen molar-refractivity contribution in [3.8, 4) is 5.75 Å². The van der Waals surface area contributed by atoms with Gasteiger partial charge in [-0.15, -0.1) is 11.3 Å². The molecule has 1 aromatic carbocycles. The van der Waals surface area contributed by atoms with Crippen molar-refractivity contribution in [1.29, 1.82) is 0 Å². The van der Waals surface area contributed by atoms with Crippen LogP contribution in [-0.4, -0.2) is 5.11 Å². The van der Waals surface area contributed by atoms with Gasteiger partial charge >= 0.3 is 0 Å². The van der Waals surface area contributed by atoms with Crippen LogP contribution in [0.4, 0.5) is 0 Å². The van der Waals surface area contributed by atoms with Crippen molar-refractivity contribution < 1.29 is 5.11 Å². The lowest BCUT2D eigenvalue weighted by Gasteiger charge is -2.20. The molecule has 1 nitrogen and oxygen atoms in total. The first-order valence-electron chi connectivity index (χ1n) is 8.68. The Bertz CT molecular complexity index is 710. The molecule has 1 N–H and O–H groups in total. The first-order valence-corrected chi connectivity index (χ1v) is 9.49. The van der Waals surface area contributed by atoms with Crippen molar-refractivity contribution >= 4 is 21.4 Å². The number of thiophene rings is 1. The number of aryl methyl sites for hydroxylation is 1. The highest BCUT2D eigenvalue weighted by atomic mass is 32.1. The van der Waals surface area contributed by atoms with E-state index in [2.05, 4.69) is 31.7 Å². The van der Waals surface area contributed by atoms with E-state index in [-0.39, 0.29) is 0 Å². The Balaban J connectivity index is 1.56. The molecule has 0 radical (unpaired) electrons. The van der Waals surface area contributed by atoms with Gasteiger partial charge in [-0.1, -0.05) is 43.4 Å². The topological polar surface area (TPSA) is 20.2 Å². The van der Waals surface area contributed by atoms with Crippen LogP contribution in [0.3, 0.4) is 0 Å². The van der Waals surface area contributed by atoms with Crippen molar-refractivity contribution in [2.75, 3.05) is 0 Å². The second-order valence-electron chi connectivity index (χ2n) is 6.88. The lowest BCUT2D eigenvalue weighted by molar-refractivity contribution is 0.474. The van der Waals surface area contributed by atoms with E-state index in [4.69, 9.17) is 0 Å². The van der Waals surface area contributed by atoms with Gasteiger partial charge in [0.2, 0.25) is 0 Å². The van der Waals surface area contributed by atoms with E-state index in [1.807, 2.05) is 18.2 Å². The zero-order chi connectivity index (χ0) is 16.2. The molecule has 122 valence electrons. The van der Waals surface area contributed by atoms with Crippen LogP contribution in [0.15, 0.2) is 48.6 Å². The van der Waals surface area contributed by atoms with Crippen molar-refractivity contribution in [1.82, 2.24) is 0 Å². The fourth-order valence-electron chi connectivity index (χ4n) is 3.41. The summed E-state index contributed by atoms with van der Waals surface area (Å²) in [5, 5.41) is 11.3. The fraction of sp³-hybridized carbons (Fsp3) is 0.429. The Hall–Kier alpha value is -1.54. The van der Waals surface area contributed by atoms with E-state index in [1.165, 1.54) is 36.0 Å². The lowest BCUT2D eigenvalue weighted by Crippen LogP contribution is -2.05. The monoisotopic (exact) mass is 326 g/mol. The molecule has 1 heterocycles. The number of rotatable bonds is 5. The summed E-state index contributed by atoms with van der Waals surface area (Å²) in [6.07, 6.45) is 11.8. The Morgan fingerprint density at radius 1 is 1.39 bits per heavy atom. The van der Waals surface area contributed by atoms with E-state index < -0.39 is 0 Å². The van der Waals surface area contributed by atoms with Crippen molar-refractivity contribution in [3.63, 3.8) is 0 Å². The van der Waals surface area contributed by atoms with Crippen LogP contribution in [0.25, 0.3) is 10.1 Å². The zero-order valence-electron chi connectivity index (χ0n) is 13.9. The largest absolute Gasteiger partial charge is 0.506 e. The van der Waals surface area contributed by atoms with E-state index in [0.29, 0.717) is 17.6 Å². The minimum absolute atomic E-state index is 0.491. The predicted molar refractivity (Wildman–Crippen MR) is 101 cm³/mol. The minimum Gasteiger partial charge on any atom is -0.506 e. The molecule has 0 amide bonds. The highest BCUT2D eigenvalue weighted by Crippen LogP contribution is 2.37. The molecule has 1 fully saturated rings. The number of allylic oxidation sites excluding steroid dienone is 3. The molecule has 1 aliphatic carbocycles. The standard InChI is InChI=1S/C21H26OS/c1-15(10-12-17-7-5-6-16(2)14-17)11-13-20-21(22)18-8-3-4-9-19(18)23-20/h3-4,8-10,12,15,17,22H,2,5-7,11,13-14H2,1H3/b12-10+. The van der Waals surface area contributed by atoms with Gasteiger partial charge in [-0.3, -0.25) is 0 Å². The van der Waals surface area contributed by atoms with Crippen LogP contribution >= 0.6 is 11.3 Å². The summed E-state index contributed by atoms with van der Waals surface area (Å²) in [6, 6.07) is 8.11. The molecule has 1 aliphatic rings. The number of hydrogen-bond donors (Lipinski definition) is 1. The first kappa shape index (κ1) is 16.3. The Labute approximate surface area is 143 Å². The van der Waals surface area contributed by atoms with Crippen LogP contribution in [0, 0.1) is 11.8 Å². The maximum Gasteiger partial charge on any atom is 0.137 e. The van der Waals surface area contributed by atoms with Crippen molar-refractivity contribution in [2.45, 2.75) is 45.4 Å². The molecule has 2 unspecified atom stereocenters. The van der Waals surface area contributed by atoms with Crippen LogP contribution in [-0.2, 0) is 6.42 Å². The average Bonchev–Trinajstić information content (AvgIpc) is 2.88. The van der Waals surface area contributed by atoms with Gasteiger partial charge < -0.3 is 5.11 Å². The normalized spacial score (nSPS) is 20.4. The molecule has 0 bridgehead atoms. The number of hydrogen-bond acceptors (Lipinski definition) is 2. The second-order valence-corrected chi connectivity index (χ2v) is 8.01. The van der Waals surface area contributed by atoms with E-state index in [9.17, 15) is 5.11 Å². The summed E-state index contributed by atoms with van der Waals surface area (Å²) >= 11 is 1.73. The number of fused-ring (bicyclic) bond motifs is 1. The molecular weight excluding hydrogens is 300 g/mol. The molecule has 1 aromatic heterocycles. The van der Waals surface area contributed by atoms with E-state index in [1.54, 1.807) is 11.3 Å². The summed E-state index contributed by atoms with van der Waals surface area (Å²) < 4.78 is 1.18. The summed E-state index contributed by atoms with van der Waals surface area (Å²) in [6.45, 7) is 6.41. The minimum atomic E-state index is 0.491. The third-order valence-corrected chi connectivity index (χ3v) is 6.05. The Morgan fingerprint density at radius 3 is 3.00 bits per heavy atom. The molecule has 2 aromatic rings. The predicted octanol–water partition coefficient (Wildman–Crippen LogP) is 6.48. The van der Waals surface area contributed by atoms with E-state index >= 15 is 0 Å². The number of benzene rings is 1. The number of aromatic hydroxyl groups is 1. The Kier molecular flexibility index (Phi) is 5.22. The average molecular weight is 327 g/mol. The van der Waals surface area contributed by atoms with Gasteiger partial charge in [-0.25, -0.2) is 0 Å². The summed E-state index contributed by atoms with van der Waals surface area (Å²) in [4.78, 5) is 1.12. The van der Waals surface area contributed by atoms with Crippen molar-refractivity contribution in [3.05, 3.63) is 53.4 Å². The summed E-state index contributed by atoms with van der Waals surface area (Å²) in [5.41, 5.74) is 1.41. The zero-order valence-corrected chi connectivity index (χ0v) is 14.7. The fourth-order valence-corrected chi connectivity index (χ4v) is 4.52. The molecule has 2 heteroatoms. The smallest absolute Gasteiger partial charge is 0.137 e. The van der Waals surface area contributed by atoms with Gasteiger partial charge in [-0.2, -0.15) is 0 Å². The van der Waals surface area contributed by atoms with Gasteiger partial charge in [-0.05, 0) is 62.5 Å². The summed E-state index contributed by atoms with van der Waals surface area (Å²) in [5.74, 6) is 1.73. The molecule has 3 rings (SSSR count). The highest BCUT2D eigenvalue weighted by molar-refractivity contribution is 7.19. The molecule has 2 atom stereocenters. The van der Waals surface area contributed by atoms with Gasteiger partial charge in [0, 0.05) is 15.0 Å². The molecule has 1 saturated carbocycles. The second kappa shape index (κ2) is 7.35. The van der Waals surface area contributed by atoms with Crippen LogP contribution in [0.1, 0.15) is 43.9 Å². The van der Waals surface area contributed by atoms with Crippen molar-refractivity contribution in [2.24, 2.45) is 11.8 Å². The molecule has 0 saturated heterocycles.